The minimum atomic E-state index is -0.648. The summed E-state index contributed by atoms with van der Waals surface area (Å²) in [5.74, 6) is -0.00189. The first-order valence-electron chi connectivity index (χ1n) is 12.6. The molecule has 0 bridgehead atoms. The number of aromatic nitrogens is 2. The molecule has 8 nitrogen and oxygen atoms in total. The molecule has 0 radical (unpaired) electrons. The van der Waals surface area contributed by atoms with E-state index in [1.165, 1.54) is 12.1 Å². The molecule has 37 heavy (non-hydrogen) atoms. The molecule has 1 aliphatic heterocycles. The highest BCUT2D eigenvalue weighted by Gasteiger charge is 2.39. The molecule has 3 amide bonds. The molecule has 9 heteroatoms. The number of ether oxygens (including phenoxy) is 1. The molecule has 1 fully saturated rings. The zero-order valence-electron chi connectivity index (χ0n) is 21.3. The van der Waals surface area contributed by atoms with Crippen molar-refractivity contribution in [3.63, 3.8) is 0 Å². The normalized spacial score (nSPS) is 19.0. The fourth-order valence-electron chi connectivity index (χ4n) is 5.09. The lowest BCUT2D eigenvalue weighted by Gasteiger charge is -2.24. The second-order valence-corrected chi connectivity index (χ2v) is 10.6. The van der Waals surface area contributed by atoms with Gasteiger partial charge in [0, 0.05) is 24.6 Å². The molecule has 2 aliphatic rings. The van der Waals surface area contributed by atoms with Crippen LogP contribution in [-0.4, -0.2) is 51.5 Å². The standard InChI is InChI=1S/C28H32FN5O3/c1-28(2,3)37-27(36)33-16-22(18-9-7-10-19(29)15-18)24(17-33)30-26(35)31-25-21-13-8-14-23(21)32-34(25)20-11-5-4-6-12-20/h4-7,9-12,15,22,24H,8,13-14,16-17H2,1-3H3,(H2,30,31,35)/t22-,24+/m0/s1. The van der Waals surface area contributed by atoms with E-state index in [1.54, 1.807) is 15.6 Å². The molecule has 0 spiro atoms. The third kappa shape index (κ3) is 5.45. The number of benzene rings is 2. The van der Waals surface area contributed by atoms with E-state index in [9.17, 15) is 14.0 Å². The average molecular weight is 506 g/mol. The second-order valence-electron chi connectivity index (χ2n) is 10.6. The summed E-state index contributed by atoms with van der Waals surface area (Å²) in [6.07, 6.45) is 2.26. The molecule has 0 saturated carbocycles. The Kier molecular flexibility index (Phi) is 6.62. The summed E-state index contributed by atoms with van der Waals surface area (Å²) >= 11 is 0. The number of carbonyl (C=O) groups excluding carboxylic acids is 2. The molecule has 1 aliphatic carbocycles. The van der Waals surface area contributed by atoms with Crippen LogP contribution in [0.4, 0.5) is 19.8 Å². The first kappa shape index (κ1) is 24.8. The van der Waals surface area contributed by atoms with E-state index < -0.39 is 23.8 Å². The number of nitrogens with zero attached hydrogens (tertiary/aromatic N) is 3. The van der Waals surface area contributed by atoms with Crippen LogP contribution in [0.3, 0.4) is 0 Å². The smallest absolute Gasteiger partial charge is 0.410 e. The van der Waals surface area contributed by atoms with Gasteiger partial charge in [-0.3, -0.25) is 5.32 Å². The van der Waals surface area contributed by atoms with Gasteiger partial charge in [0.1, 0.15) is 17.2 Å². The van der Waals surface area contributed by atoms with Crippen LogP contribution in [0.25, 0.3) is 5.69 Å². The lowest BCUT2D eigenvalue weighted by atomic mass is 9.94. The third-order valence-electron chi connectivity index (χ3n) is 6.70. The van der Waals surface area contributed by atoms with E-state index in [0.717, 1.165) is 36.2 Å². The highest BCUT2D eigenvalue weighted by molar-refractivity contribution is 5.90. The highest BCUT2D eigenvalue weighted by atomic mass is 19.1. The molecule has 2 heterocycles. The first-order valence-corrected chi connectivity index (χ1v) is 12.6. The zero-order valence-corrected chi connectivity index (χ0v) is 21.3. The Morgan fingerprint density at radius 2 is 1.84 bits per heavy atom. The predicted molar refractivity (Wildman–Crippen MR) is 138 cm³/mol. The third-order valence-corrected chi connectivity index (χ3v) is 6.70. The highest BCUT2D eigenvalue weighted by Crippen LogP contribution is 2.32. The SMILES string of the molecule is CC(C)(C)OC(=O)N1C[C@@H](NC(=O)Nc2c3c(nn2-c2ccccc2)CCC3)[C@H](c2cccc(F)c2)C1. The van der Waals surface area contributed by atoms with E-state index >= 15 is 0 Å². The number of para-hydroxylation sites is 1. The maximum Gasteiger partial charge on any atom is 0.410 e. The minimum Gasteiger partial charge on any atom is -0.444 e. The summed E-state index contributed by atoms with van der Waals surface area (Å²) < 4.78 is 21.4. The molecule has 2 atom stereocenters. The van der Waals surface area contributed by atoms with Crippen LogP contribution in [0.15, 0.2) is 54.6 Å². The fourth-order valence-corrected chi connectivity index (χ4v) is 5.09. The molecule has 5 rings (SSSR count). The average Bonchev–Trinajstić information content (AvgIpc) is 3.55. The first-order chi connectivity index (χ1) is 17.7. The van der Waals surface area contributed by atoms with Crippen molar-refractivity contribution >= 4 is 17.9 Å². The van der Waals surface area contributed by atoms with Crippen LogP contribution in [0.2, 0.25) is 0 Å². The van der Waals surface area contributed by atoms with Crippen molar-refractivity contribution in [3.8, 4) is 5.69 Å². The number of aryl methyl sites for hydroxylation is 1. The van der Waals surface area contributed by atoms with Crippen LogP contribution in [-0.2, 0) is 17.6 Å². The summed E-state index contributed by atoms with van der Waals surface area (Å²) in [6.45, 7) is 5.98. The van der Waals surface area contributed by atoms with Gasteiger partial charge >= 0.3 is 12.1 Å². The van der Waals surface area contributed by atoms with Gasteiger partial charge in [-0.05, 0) is 69.9 Å². The molecule has 1 saturated heterocycles. The van der Waals surface area contributed by atoms with Crippen LogP contribution < -0.4 is 10.6 Å². The van der Waals surface area contributed by atoms with Crippen LogP contribution >= 0.6 is 0 Å². The summed E-state index contributed by atoms with van der Waals surface area (Å²) in [4.78, 5) is 27.7. The number of rotatable bonds is 4. The van der Waals surface area contributed by atoms with Gasteiger partial charge in [-0.25, -0.2) is 18.7 Å². The number of hydrogen-bond acceptors (Lipinski definition) is 4. The quantitative estimate of drug-likeness (QED) is 0.521. The molecule has 1 aromatic heterocycles. The maximum atomic E-state index is 14.1. The van der Waals surface area contributed by atoms with Crippen molar-refractivity contribution in [1.82, 2.24) is 20.0 Å². The van der Waals surface area contributed by atoms with E-state index in [1.807, 2.05) is 57.2 Å². The lowest BCUT2D eigenvalue weighted by molar-refractivity contribution is 0.0289. The summed E-state index contributed by atoms with van der Waals surface area (Å²) in [5.41, 5.74) is 2.97. The number of fused-ring (bicyclic) bond motifs is 1. The van der Waals surface area contributed by atoms with Gasteiger partial charge in [-0.2, -0.15) is 5.10 Å². The molecule has 194 valence electrons. The van der Waals surface area contributed by atoms with Crippen molar-refractivity contribution in [2.45, 2.75) is 57.6 Å². The van der Waals surface area contributed by atoms with Gasteiger partial charge in [0.05, 0.1) is 17.4 Å². The molecule has 2 aromatic carbocycles. The van der Waals surface area contributed by atoms with Crippen molar-refractivity contribution in [2.75, 3.05) is 18.4 Å². The molecular weight excluding hydrogens is 473 g/mol. The minimum absolute atomic E-state index is 0.250. The van der Waals surface area contributed by atoms with Crippen molar-refractivity contribution in [1.29, 1.82) is 0 Å². The number of carbonyl (C=O) groups is 2. The Morgan fingerprint density at radius 1 is 1.05 bits per heavy atom. The number of likely N-dealkylation sites (tertiary alicyclic amines) is 1. The van der Waals surface area contributed by atoms with Crippen molar-refractivity contribution < 1.29 is 18.7 Å². The van der Waals surface area contributed by atoms with Gasteiger partial charge in [0.15, 0.2) is 0 Å². The Bertz CT molecular complexity index is 1300. The van der Waals surface area contributed by atoms with Gasteiger partial charge in [0.25, 0.3) is 0 Å². The topological polar surface area (TPSA) is 88.5 Å². The van der Waals surface area contributed by atoms with E-state index in [0.29, 0.717) is 17.9 Å². The van der Waals surface area contributed by atoms with Crippen LogP contribution in [0.5, 0.6) is 0 Å². The van der Waals surface area contributed by atoms with E-state index in [-0.39, 0.29) is 18.3 Å². The molecule has 0 unspecified atom stereocenters. The van der Waals surface area contributed by atoms with Crippen LogP contribution in [0, 0.1) is 5.82 Å². The van der Waals surface area contributed by atoms with E-state index in [2.05, 4.69) is 10.6 Å². The van der Waals surface area contributed by atoms with Gasteiger partial charge < -0.3 is 15.0 Å². The van der Waals surface area contributed by atoms with Crippen LogP contribution in [0.1, 0.15) is 49.9 Å². The Labute approximate surface area is 215 Å². The van der Waals surface area contributed by atoms with E-state index in [4.69, 9.17) is 9.84 Å². The zero-order chi connectivity index (χ0) is 26.2. The monoisotopic (exact) mass is 505 g/mol. The molecule has 2 N–H and O–H groups in total. The van der Waals surface area contributed by atoms with Crippen molar-refractivity contribution in [3.05, 3.63) is 77.2 Å². The number of urea groups is 1. The number of nitrogens with one attached hydrogen (secondary N) is 2. The fraction of sp³-hybridized carbons (Fsp3) is 0.393. The van der Waals surface area contributed by atoms with Crippen molar-refractivity contribution in [2.24, 2.45) is 0 Å². The predicted octanol–water partition coefficient (Wildman–Crippen LogP) is 5.02. The summed E-state index contributed by atoms with van der Waals surface area (Å²) in [7, 11) is 0. The molecule has 3 aromatic rings. The lowest BCUT2D eigenvalue weighted by Crippen LogP contribution is -2.43. The van der Waals surface area contributed by atoms with Gasteiger partial charge in [-0.15, -0.1) is 0 Å². The number of halogens is 1. The largest absolute Gasteiger partial charge is 0.444 e. The Hall–Kier alpha value is -3.88. The summed E-state index contributed by atoms with van der Waals surface area (Å²) in [5, 5.41) is 10.8. The maximum absolute atomic E-state index is 14.1. The van der Waals surface area contributed by atoms with Gasteiger partial charge in [-0.1, -0.05) is 30.3 Å². The summed E-state index contributed by atoms with van der Waals surface area (Å²) in [6, 6.07) is 15.1. The second kappa shape index (κ2) is 9.88. The Balaban J connectivity index is 1.38. The molecular formula is C28H32FN5O3. The Morgan fingerprint density at radius 3 is 2.57 bits per heavy atom. The number of anilines is 1. The number of amides is 3. The van der Waals surface area contributed by atoms with Gasteiger partial charge in [0.2, 0.25) is 0 Å². The number of hydrogen-bond donors (Lipinski definition) is 2.